The SMILES string of the molecule is CC(NC(=O)C1(n2cccn2)CCNCC1)c1ncc(-c2ccccc2)o1.Cl. The van der Waals surface area contributed by atoms with Crippen molar-refractivity contribution in [2.45, 2.75) is 31.3 Å². The first kappa shape index (κ1) is 20.1. The zero-order valence-electron chi connectivity index (χ0n) is 15.7. The molecule has 0 spiro atoms. The van der Waals surface area contributed by atoms with Gasteiger partial charge in [0.15, 0.2) is 5.76 Å². The third kappa shape index (κ3) is 3.81. The number of halogens is 1. The number of carbonyl (C=O) groups excluding carboxylic acids is 1. The largest absolute Gasteiger partial charge is 0.438 e. The fraction of sp³-hybridized carbons (Fsp3) is 0.350. The molecule has 1 aliphatic rings. The number of oxazole rings is 1. The molecule has 1 fully saturated rings. The van der Waals surface area contributed by atoms with E-state index in [2.05, 4.69) is 20.7 Å². The molecule has 148 valence electrons. The number of benzene rings is 1. The molecule has 3 aromatic rings. The highest BCUT2D eigenvalue weighted by Crippen LogP contribution is 2.29. The first-order chi connectivity index (χ1) is 13.2. The predicted octanol–water partition coefficient (Wildman–Crippen LogP) is 2.92. The Morgan fingerprint density at radius 1 is 1.25 bits per heavy atom. The number of hydrogen-bond acceptors (Lipinski definition) is 5. The standard InChI is InChI=1S/C20H23N5O2.ClH/c1-15(18-22-14-17(27-18)16-6-3-2-4-7-16)24-19(26)20(8-11-21-12-9-20)25-13-5-10-23-25;/h2-7,10,13-15,21H,8-9,11-12H2,1H3,(H,24,26);1H. The number of rotatable bonds is 5. The smallest absolute Gasteiger partial charge is 0.248 e. The lowest BCUT2D eigenvalue weighted by molar-refractivity contribution is -0.132. The van der Waals surface area contributed by atoms with Crippen LogP contribution >= 0.6 is 12.4 Å². The number of amides is 1. The van der Waals surface area contributed by atoms with Crippen molar-refractivity contribution in [3.8, 4) is 11.3 Å². The highest BCUT2D eigenvalue weighted by molar-refractivity contribution is 5.85. The van der Waals surface area contributed by atoms with E-state index < -0.39 is 5.54 Å². The van der Waals surface area contributed by atoms with Gasteiger partial charge in [-0.15, -0.1) is 12.4 Å². The van der Waals surface area contributed by atoms with Crippen LogP contribution in [0.5, 0.6) is 0 Å². The number of nitrogens with zero attached hydrogens (tertiary/aromatic N) is 3. The van der Waals surface area contributed by atoms with E-state index in [1.807, 2.05) is 49.5 Å². The van der Waals surface area contributed by atoms with E-state index >= 15 is 0 Å². The molecular weight excluding hydrogens is 378 g/mol. The Morgan fingerprint density at radius 2 is 2.00 bits per heavy atom. The number of aromatic nitrogens is 3. The van der Waals surface area contributed by atoms with Gasteiger partial charge < -0.3 is 15.1 Å². The van der Waals surface area contributed by atoms with Crippen molar-refractivity contribution in [3.63, 3.8) is 0 Å². The minimum absolute atomic E-state index is 0. The Morgan fingerprint density at radius 3 is 2.68 bits per heavy atom. The van der Waals surface area contributed by atoms with Crippen LogP contribution < -0.4 is 10.6 Å². The van der Waals surface area contributed by atoms with Gasteiger partial charge in [0.1, 0.15) is 11.6 Å². The number of piperidine rings is 1. The van der Waals surface area contributed by atoms with Crippen molar-refractivity contribution in [2.75, 3.05) is 13.1 Å². The second kappa shape index (κ2) is 8.58. The van der Waals surface area contributed by atoms with Crippen molar-refractivity contribution in [1.29, 1.82) is 0 Å². The molecule has 0 aliphatic carbocycles. The maximum absolute atomic E-state index is 13.2. The fourth-order valence-electron chi connectivity index (χ4n) is 3.54. The van der Waals surface area contributed by atoms with Gasteiger partial charge in [-0.3, -0.25) is 9.48 Å². The molecule has 4 rings (SSSR count). The van der Waals surface area contributed by atoms with E-state index in [1.54, 1.807) is 17.1 Å². The molecule has 1 saturated heterocycles. The first-order valence-corrected chi connectivity index (χ1v) is 9.22. The molecule has 0 radical (unpaired) electrons. The van der Waals surface area contributed by atoms with Crippen LogP contribution in [0.25, 0.3) is 11.3 Å². The van der Waals surface area contributed by atoms with Crippen LogP contribution in [0.4, 0.5) is 0 Å². The summed E-state index contributed by atoms with van der Waals surface area (Å²) in [5, 5.41) is 10.7. The molecule has 7 nitrogen and oxygen atoms in total. The zero-order valence-corrected chi connectivity index (χ0v) is 16.5. The minimum Gasteiger partial charge on any atom is -0.438 e. The summed E-state index contributed by atoms with van der Waals surface area (Å²) in [6.45, 7) is 3.44. The lowest BCUT2D eigenvalue weighted by Gasteiger charge is -2.37. The van der Waals surface area contributed by atoms with Crippen molar-refractivity contribution in [3.05, 3.63) is 60.9 Å². The van der Waals surface area contributed by atoms with Gasteiger partial charge in [0, 0.05) is 18.0 Å². The Balaban J connectivity index is 0.00000225. The van der Waals surface area contributed by atoms with Crippen LogP contribution in [-0.4, -0.2) is 33.8 Å². The number of carbonyl (C=O) groups is 1. The molecule has 1 aliphatic heterocycles. The van der Waals surface area contributed by atoms with E-state index in [1.165, 1.54) is 0 Å². The maximum Gasteiger partial charge on any atom is 0.248 e. The normalized spacial score (nSPS) is 16.8. The molecule has 28 heavy (non-hydrogen) atoms. The quantitative estimate of drug-likeness (QED) is 0.686. The molecule has 2 N–H and O–H groups in total. The van der Waals surface area contributed by atoms with Gasteiger partial charge in [-0.05, 0) is 38.9 Å². The molecule has 1 amide bonds. The van der Waals surface area contributed by atoms with Crippen LogP contribution in [0.1, 0.15) is 31.7 Å². The van der Waals surface area contributed by atoms with Gasteiger partial charge >= 0.3 is 0 Å². The summed E-state index contributed by atoms with van der Waals surface area (Å²) in [5.74, 6) is 1.13. The summed E-state index contributed by atoms with van der Waals surface area (Å²) in [4.78, 5) is 17.6. The van der Waals surface area contributed by atoms with Crippen LogP contribution in [0.15, 0.2) is 59.4 Å². The Bertz CT molecular complexity index is 888. The zero-order chi connectivity index (χ0) is 18.7. The third-order valence-corrected chi connectivity index (χ3v) is 5.10. The van der Waals surface area contributed by atoms with E-state index in [9.17, 15) is 4.79 Å². The summed E-state index contributed by atoms with van der Waals surface area (Å²) in [6.07, 6.45) is 6.64. The lowest BCUT2D eigenvalue weighted by Crippen LogP contribution is -2.55. The van der Waals surface area contributed by atoms with Crippen LogP contribution in [0.2, 0.25) is 0 Å². The Hall–Kier alpha value is -2.64. The molecule has 2 aromatic heterocycles. The molecule has 1 aromatic carbocycles. The second-order valence-corrected chi connectivity index (χ2v) is 6.86. The van der Waals surface area contributed by atoms with E-state index in [4.69, 9.17) is 4.42 Å². The van der Waals surface area contributed by atoms with E-state index in [-0.39, 0.29) is 24.4 Å². The maximum atomic E-state index is 13.2. The molecule has 1 atom stereocenters. The van der Waals surface area contributed by atoms with Gasteiger partial charge in [0.05, 0.1) is 6.20 Å². The van der Waals surface area contributed by atoms with Crippen LogP contribution in [0, 0.1) is 0 Å². The average molecular weight is 402 g/mol. The van der Waals surface area contributed by atoms with Gasteiger partial charge in [0.25, 0.3) is 0 Å². The van der Waals surface area contributed by atoms with E-state index in [0.717, 1.165) is 18.7 Å². The number of hydrogen-bond donors (Lipinski definition) is 2. The summed E-state index contributed by atoms with van der Waals surface area (Å²) in [5.41, 5.74) is 0.277. The molecule has 1 unspecified atom stereocenters. The van der Waals surface area contributed by atoms with Gasteiger partial charge in [0.2, 0.25) is 11.8 Å². The molecule has 0 bridgehead atoms. The van der Waals surface area contributed by atoms with Crippen molar-refractivity contribution >= 4 is 18.3 Å². The van der Waals surface area contributed by atoms with Crippen LogP contribution in [0.3, 0.4) is 0 Å². The minimum atomic E-state index is -0.683. The van der Waals surface area contributed by atoms with Gasteiger partial charge in [-0.1, -0.05) is 30.3 Å². The first-order valence-electron chi connectivity index (χ1n) is 9.22. The lowest BCUT2D eigenvalue weighted by atomic mass is 9.87. The molecule has 0 saturated carbocycles. The van der Waals surface area contributed by atoms with Crippen molar-refractivity contribution in [2.24, 2.45) is 0 Å². The summed E-state index contributed by atoms with van der Waals surface area (Å²) in [6, 6.07) is 11.3. The predicted molar refractivity (Wildman–Crippen MR) is 108 cm³/mol. The monoisotopic (exact) mass is 401 g/mol. The number of nitrogens with one attached hydrogen (secondary N) is 2. The Kier molecular flexibility index (Phi) is 6.16. The highest BCUT2D eigenvalue weighted by Gasteiger charge is 2.42. The van der Waals surface area contributed by atoms with Gasteiger partial charge in [-0.2, -0.15) is 5.10 Å². The van der Waals surface area contributed by atoms with E-state index in [0.29, 0.717) is 24.5 Å². The van der Waals surface area contributed by atoms with Gasteiger partial charge in [-0.25, -0.2) is 4.98 Å². The summed E-state index contributed by atoms with van der Waals surface area (Å²) >= 11 is 0. The van der Waals surface area contributed by atoms with Crippen LogP contribution in [-0.2, 0) is 10.3 Å². The molecular formula is C20H24ClN5O2. The average Bonchev–Trinajstić information content (AvgIpc) is 3.41. The topological polar surface area (TPSA) is 85.0 Å². The fourth-order valence-corrected chi connectivity index (χ4v) is 3.54. The molecule has 3 heterocycles. The summed E-state index contributed by atoms with van der Waals surface area (Å²) < 4.78 is 7.66. The molecule has 8 heteroatoms. The summed E-state index contributed by atoms with van der Waals surface area (Å²) in [7, 11) is 0. The second-order valence-electron chi connectivity index (χ2n) is 6.86. The van der Waals surface area contributed by atoms with Crippen molar-refractivity contribution in [1.82, 2.24) is 25.4 Å². The third-order valence-electron chi connectivity index (χ3n) is 5.10. The highest BCUT2D eigenvalue weighted by atomic mass is 35.5. The Labute approximate surface area is 169 Å². The van der Waals surface area contributed by atoms with Crippen molar-refractivity contribution < 1.29 is 9.21 Å².